The van der Waals surface area contributed by atoms with Gasteiger partial charge in [-0.2, -0.15) is 0 Å². The van der Waals surface area contributed by atoms with Crippen molar-refractivity contribution in [1.82, 2.24) is 0 Å². The van der Waals surface area contributed by atoms with Gasteiger partial charge in [0.05, 0.1) is 6.61 Å². The highest BCUT2D eigenvalue weighted by Gasteiger charge is 2.34. The van der Waals surface area contributed by atoms with E-state index in [0.717, 1.165) is 26.1 Å². The first-order valence-electron chi connectivity index (χ1n) is 5.02. The Morgan fingerprint density at radius 3 is 2.64 bits per heavy atom. The molecule has 1 fully saturated rings. The maximum absolute atomic E-state index is 6.03. The predicted octanol–water partition coefficient (Wildman–Crippen LogP) is 2.87. The van der Waals surface area contributed by atoms with Gasteiger partial charge in [0.1, 0.15) is 0 Å². The molecule has 0 aliphatic carbocycles. The van der Waals surface area contributed by atoms with E-state index in [0.29, 0.717) is 5.88 Å². The summed E-state index contributed by atoms with van der Waals surface area (Å²) in [7, 11) is 0. The van der Waals surface area contributed by atoms with Crippen molar-refractivity contribution in [3.8, 4) is 0 Å². The lowest BCUT2D eigenvalue weighted by Crippen LogP contribution is -2.25. The van der Waals surface area contributed by atoms with Crippen LogP contribution in [0.3, 0.4) is 0 Å². The molecular weight excluding hydrogens is 196 g/mol. The van der Waals surface area contributed by atoms with Crippen molar-refractivity contribution in [3.63, 3.8) is 0 Å². The van der Waals surface area contributed by atoms with Gasteiger partial charge in [-0.25, -0.2) is 0 Å². The summed E-state index contributed by atoms with van der Waals surface area (Å²) in [4.78, 5) is 0. The molecule has 0 saturated carbocycles. The highest BCUT2D eigenvalue weighted by molar-refractivity contribution is 6.18. The second-order valence-electron chi connectivity index (χ2n) is 4.10. The van der Waals surface area contributed by atoms with E-state index in [4.69, 9.17) is 16.3 Å². The number of hydrogen-bond acceptors (Lipinski definition) is 1. The van der Waals surface area contributed by atoms with E-state index in [1.165, 1.54) is 5.56 Å². The molecule has 14 heavy (non-hydrogen) atoms. The van der Waals surface area contributed by atoms with Crippen LogP contribution in [0.2, 0.25) is 0 Å². The summed E-state index contributed by atoms with van der Waals surface area (Å²) < 4.78 is 5.44. The van der Waals surface area contributed by atoms with Crippen molar-refractivity contribution in [1.29, 1.82) is 0 Å². The normalized spacial score (nSPS) is 26.6. The minimum absolute atomic E-state index is 0.183. The first kappa shape index (κ1) is 10.0. The van der Waals surface area contributed by atoms with Gasteiger partial charge >= 0.3 is 0 Å². The maximum Gasteiger partial charge on any atom is 0.0537 e. The van der Waals surface area contributed by atoms with Crippen LogP contribution in [-0.2, 0) is 11.2 Å². The first-order valence-corrected chi connectivity index (χ1v) is 5.56. The van der Waals surface area contributed by atoms with Crippen LogP contribution < -0.4 is 0 Å². The Morgan fingerprint density at radius 2 is 2.07 bits per heavy atom. The molecule has 1 unspecified atom stereocenters. The van der Waals surface area contributed by atoms with Gasteiger partial charge in [0.25, 0.3) is 0 Å². The number of alkyl halides is 1. The molecular formula is C12H15ClO. The molecule has 0 aromatic heterocycles. The summed E-state index contributed by atoms with van der Waals surface area (Å²) in [6.45, 7) is 1.67. The third-order valence-electron chi connectivity index (χ3n) is 2.89. The summed E-state index contributed by atoms with van der Waals surface area (Å²) in [5, 5.41) is 0. The molecule has 1 aromatic rings. The molecule has 1 saturated heterocycles. The fraction of sp³-hybridized carbons (Fsp3) is 0.500. The van der Waals surface area contributed by atoms with Crippen LogP contribution in [0.15, 0.2) is 30.3 Å². The van der Waals surface area contributed by atoms with Crippen LogP contribution in [0, 0.1) is 5.41 Å². The van der Waals surface area contributed by atoms with Crippen LogP contribution in [-0.4, -0.2) is 19.1 Å². The summed E-state index contributed by atoms with van der Waals surface area (Å²) in [5.74, 6) is 0.696. The Bertz CT molecular complexity index is 278. The number of ether oxygens (including phenoxy) is 1. The second-order valence-corrected chi connectivity index (χ2v) is 4.37. The van der Waals surface area contributed by atoms with Gasteiger partial charge in [-0.3, -0.25) is 0 Å². The van der Waals surface area contributed by atoms with Crippen LogP contribution in [0.1, 0.15) is 12.0 Å². The van der Waals surface area contributed by atoms with Crippen molar-refractivity contribution < 1.29 is 4.74 Å². The Hall–Kier alpha value is -0.530. The smallest absolute Gasteiger partial charge is 0.0537 e. The zero-order valence-electron chi connectivity index (χ0n) is 8.21. The van der Waals surface area contributed by atoms with E-state index >= 15 is 0 Å². The van der Waals surface area contributed by atoms with Crippen LogP contribution in [0.5, 0.6) is 0 Å². The molecule has 0 spiro atoms. The van der Waals surface area contributed by atoms with Gasteiger partial charge in [0.15, 0.2) is 0 Å². The van der Waals surface area contributed by atoms with Gasteiger partial charge in [0, 0.05) is 17.9 Å². The lowest BCUT2D eigenvalue weighted by Gasteiger charge is -2.24. The zero-order chi connectivity index (χ0) is 9.86. The molecule has 0 amide bonds. The van der Waals surface area contributed by atoms with Crippen molar-refractivity contribution in [2.45, 2.75) is 12.8 Å². The maximum atomic E-state index is 6.03. The molecule has 2 heteroatoms. The van der Waals surface area contributed by atoms with Crippen molar-refractivity contribution in [2.75, 3.05) is 19.1 Å². The zero-order valence-corrected chi connectivity index (χ0v) is 8.96. The van der Waals surface area contributed by atoms with E-state index in [1.54, 1.807) is 0 Å². The monoisotopic (exact) mass is 210 g/mol. The molecule has 1 heterocycles. The van der Waals surface area contributed by atoms with Crippen LogP contribution >= 0.6 is 11.6 Å². The van der Waals surface area contributed by atoms with Gasteiger partial charge < -0.3 is 4.74 Å². The predicted molar refractivity (Wildman–Crippen MR) is 58.7 cm³/mol. The largest absolute Gasteiger partial charge is 0.381 e. The SMILES string of the molecule is ClCC1(Cc2ccccc2)CCOC1. The van der Waals surface area contributed by atoms with E-state index in [-0.39, 0.29) is 5.41 Å². The highest BCUT2D eigenvalue weighted by Crippen LogP contribution is 2.33. The van der Waals surface area contributed by atoms with Crippen molar-refractivity contribution in [2.24, 2.45) is 5.41 Å². The molecule has 1 atom stereocenters. The molecule has 0 radical (unpaired) electrons. The van der Waals surface area contributed by atoms with Crippen molar-refractivity contribution in [3.05, 3.63) is 35.9 Å². The van der Waals surface area contributed by atoms with Gasteiger partial charge in [-0.1, -0.05) is 30.3 Å². The highest BCUT2D eigenvalue weighted by atomic mass is 35.5. The summed E-state index contributed by atoms with van der Waals surface area (Å²) in [5.41, 5.74) is 1.54. The number of hydrogen-bond donors (Lipinski definition) is 0. The second kappa shape index (κ2) is 4.33. The van der Waals surface area contributed by atoms with Crippen molar-refractivity contribution >= 4 is 11.6 Å². The minimum Gasteiger partial charge on any atom is -0.381 e. The average Bonchev–Trinajstić information content (AvgIpc) is 2.69. The molecule has 0 N–H and O–H groups in total. The quantitative estimate of drug-likeness (QED) is 0.698. The van der Waals surface area contributed by atoms with E-state index in [1.807, 2.05) is 6.07 Å². The van der Waals surface area contributed by atoms with Gasteiger partial charge in [-0.05, 0) is 18.4 Å². The average molecular weight is 211 g/mol. The topological polar surface area (TPSA) is 9.23 Å². The number of halogens is 1. The van der Waals surface area contributed by atoms with E-state index in [2.05, 4.69) is 24.3 Å². The lowest BCUT2D eigenvalue weighted by atomic mass is 9.83. The Kier molecular flexibility index (Phi) is 3.09. The molecule has 76 valence electrons. The third-order valence-corrected chi connectivity index (χ3v) is 3.46. The van der Waals surface area contributed by atoms with E-state index < -0.39 is 0 Å². The third kappa shape index (κ3) is 2.10. The number of benzene rings is 1. The van der Waals surface area contributed by atoms with Gasteiger partial charge in [0.2, 0.25) is 0 Å². The summed E-state index contributed by atoms with van der Waals surface area (Å²) in [6, 6.07) is 10.5. The first-order chi connectivity index (χ1) is 6.85. The van der Waals surface area contributed by atoms with Crippen LogP contribution in [0.4, 0.5) is 0 Å². The summed E-state index contributed by atoms with van der Waals surface area (Å²) in [6.07, 6.45) is 2.13. The molecule has 0 bridgehead atoms. The minimum atomic E-state index is 0.183. The molecule has 1 aliphatic heterocycles. The summed E-state index contributed by atoms with van der Waals surface area (Å²) >= 11 is 6.03. The fourth-order valence-corrected chi connectivity index (χ4v) is 2.28. The Morgan fingerprint density at radius 1 is 1.29 bits per heavy atom. The van der Waals surface area contributed by atoms with Gasteiger partial charge in [-0.15, -0.1) is 11.6 Å². The molecule has 1 aromatic carbocycles. The lowest BCUT2D eigenvalue weighted by molar-refractivity contribution is 0.161. The van der Waals surface area contributed by atoms with E-state index in [9.17, 15) is 0 Å². The fourth-order valence-electron chi connectivity index (χ4n) is 1.97. The Labute approximate surface area is 90.0 Å². The molecule has 2 rings (SSSR count). The molecule has 1 nitrogen and oxygen atoms in total. The van der Waals surface area contributed by atoms with Crippen LogP contribution in [0.25, 0.3) is 0 Å². The Balaban J connectivity index is 2.08. The molecule has 1 aliphatic rings. The standard InChI is InChI=1S/C12H15ClO/c13-9-12(6-7-14-10-12)8-11-4-2-1-3-5-11/h1-5H,6-10H2. The number of rotatable bonds is 3.